The lowest BCUT2D eigenvalue weighted by molar-refractivity contribution is 0.0921. The van der Waals surface area contributed by atoms with Gasteiger partial charge in [-0.25, -0.2) is 4.68 Å². The maximum Gasteiger partial charge on any atom is 0.254 e. The molecule has 1 atom stereocenters. The number of piperidine rings is 1. The number of aromatic nitrogens is 2. The predicted octanol–water partition coefficient (Wildman–Crippen LogP) is 4.91. The molecule has 0 spiro atoms. The lowest BCUT2D eigenvalue weighted by Crippen LogP contribution is -2.43. The third-order valence-electron chi connectivity index (χ3n) is 5.99. The summed E-state index contributed by atoms with van der Waals surface area (Å²) in [6.45, 7) is 7.38. The average molecular weight is 435 g/mol. The van der Waals surface area contributed by atoms with Gasteiger partial charge in [-0.3, -0.25) is 4.79 Å². The van der Waals surface area contributed by atoms with Crippen molar-refractivity contribution in [2.75, 3.05) is 19.6 Å². The number of likely N-dealkylation sites (tertiary alicyclic amines) is 1. The van der Waals surface area contributed by atoms with Crippen molar-refractivity contribution >= 4 is 29.1 Å². The Morgan fingerprint density at radius 3 is 2.76 bits per heavy atom. The number of hydrogen-bond acceptors (Lipinski definition) is 3. The van der Waals surface area contributed by atoms with Crippen LogP contribution in [0.15, 0.2) is 24.4 Å². The third-order valence-corrected chi connectivity index (χ3v) is 6.52. The highest BCUT2D eigenvalue weighted by Gasteiger charge is 2.33. The summed E-state index contributed by atoms with van der Waals surface area (Å²) in [6, 6.07) is 5.91. The summed E-state index contributed by atoms with van der Waals surface area (Å²) >= 11 is 12.4. The molecule has 1 aliphatic heterocycles. The zero-order chi connectivity index (χ0) is 20.5. The molecule has 1 amide bonds. The summed E-state index contributed by atoms with van der Waals surface area (Å²) in [5.41, 5.74) is 2.38. The molecule has 29 heavy (non-hydrogen) atoms. The number of carbonyl (C=O) groups excluding carboxylic acids is 1. The minimum atomic E-state index is -0.0371. The molecule has 2 fully saturated rings. The van der Waals surface area contributed by atoms with Crippen LogP contribution < -0.4 is 5.32 Å². The molecule has 1 aliphatic carbocycles. The van der Waals surface area contributed by atoms with Crippen LogP contribution in [-0.4, -0.2) is 46.3 Å². The molecule has 0 bridgehead atoms. The Bertz CT molecular complexity index is 891. The fraction of sp³-hybridized carbons (Fsp3) is 0.545. The lowest BCUT2D eigenvalue weighted by atomic mass is 9.97. The Morgan fingerprint density at radius 2 is 2.07 bits per heavy atom. The summed E-state index contributed by atoms with van der Waals surface area (Å²) in [7, 11) is 0. The summed E-state index contributed by atoms with van der Waals surface area (Å²) in [4.78, 5) is 15.5. The first-order valence-electron chi connectivity index (χ1n) is 10.5. The molecule has 1 saturated heterocycles. The second-order valence-corrected chi connectivity index (χ2v) is 9.38. The molecule has 5 nitrogen and oxygen atoms in total. The molecule has 0 radical (unpaired) electrons. The van der Waals surface area contributed by atoms with Crippen LogP contribution in [0.1, 0.15) is 61.5 Å². The smallest absolute Gasteiger partial charge is 0.254 e. The van der Waals surface area contributed by atoms with Gasteiger partial charge in [0, 0.05) is 30.1 Å². The van der Waals surface area contributed by atoms with Crippen molar-refractivity contribution in [3.63, 3.8) is 0 Å². The topological polar surface area (TPSA) is 50.2 Å². The number of rotatable bonds is 6. The maximum absolute atomic E-state index is 13.0. The molecule has 7 heteroatoms. The molecule has 2 heterocycles. The molecule has 2 aliphatic rings. The number of benzene rings is 1. The quantitative estimate of drug-likeness (QED) is 0.702. The van der Waals surface area contributed by atoms with Crippen LogP contribution in [0.5, 0.6) is 0 Å². The Balaban J connectivity index is 1.50. The second kappa shape index (κ2) is 8.66. The molecule has 1 aromatic carbocycles. The van der Waals surface area contributed by atoms with Gasteiger partial charge in [-0.15, -0.1) is 0 Å². The van der Waals surface area contributed by atoms with Gasteiger partial charge in [0.25, 0.3) is 5.91 Å². The molecule has 1 unspecified atom stereocenters. The number of hydrogen-bond donors (Lipinski definition) is 1. The van der Waals surface area contributed by atoms with Crippen LogP contribution in [0.4, 0.5) is 0 Å². The number of halogens is 2. The predicted molar refractivity (Wildman–Crippen MR) is 117 cm³/mol. The van der Waals surface area contributed by atoms with Gasteiger partial charge in [-0.2, -0.15) is 5.10 Å². The van der Waals surface area contributed by atoms with Crippen molar-refractivity contribution in [2.45, 2.75) is 51.5 Å². The van der Waals surface area contributed by atoms with Gasteiger partial charge in [0.05, 0.1) is 28.2 Å². The summed E-state index contributed by atoms with van der Waals surface area (Å²) in [5, 5.41) is 8.79. The zero-order valence-corrected chi connectivity index (χ0v) is 18.5. The van der Waals surface area contributed by atoms with Gasteiger partial charge in [-0.05, 0) is 70.2 Å². The Labute approximate surface area is 182 Å². The number of carbonyl (C=O) groups is 1. The van der Waals surface area contributed by atoms with E-state index in [4.69, 9.17) is 23.2 Å². The minimum absolute atomic E-state index is 0.0371. The highest BCUT2D eigenvalue weighted by molar-refractivity contribution is 6.35. The van der Waals surface area contributed by atoms with Gasteiger partial charge >= 0.3 is 0 Å². The van der Waals surface area contributed by atoms with Gasteiger partial charge in [0.15, 0.2) is 0 Å². The van der Waals surface area contributed by atoms with Crippen LogP contribution in [0, 0.1) is 5.92 Å². The molecular weight excluding hydrogens is 407 g/mol. The van der Waals surface area contributed by atoms with Crippen molar-refractivity contribution in [1.29, 1.82) is 0 Å². The normalized spacial score (nSPS) is 20.2. The molecule has 4 rings (SSSR count). The van der Waals surface area contributed by atoms with Crippen molar-refractivity contribution in [2.24, 2.45) is 5.92 Å². The van der Waals surface area contributed by atoms with Gasteiger partial charge in [0.1, 0.15) is 0 Å². The van der Waals surface area contributed by atoms with Crippen molar-refractivity contribution < 1.29 is 4.79 Å². The van der Waals surface area contributed by atoms with E-state index in [1.165, 1.54) is 12.8 Å². The average Bonchev–Trinajstić information content (AvgIpc) is 3.45. The standard InChI is InChI=1S/C22H28Cl2N4O/c1-14(2)27-9-3-4-15(13-27)11-25-22(29)18-12-26-28(21(18)16-5-6-16)20-8-7-17(23)10-19(20)24/h7-8,10,12,14-16H,3-6,9,11,13H2,1-2H3,(H,25,29). The van der Waals surface area contributed by atoms with Crippen molar-refractivity contribution in [3.8, 4) is 5.69 Å². The van der Waals surface area contributed by atoms with Crippen LogP contribution in [0.25, 0.3) is 5.69 Å². The third kappa shape index (κ3) is 4.62. The van der Waals surface area contributed by atoms with Crippen LogP contribution in [0.3, 0.4) is 0 Å². The van der Waals surface area contributed by atoms with Crippen molar-refractivity contribution in [1.82, 2.24) is 20.0 Å². The first-order chi connectivity index (χ1) is 13.9. The molecule has 1 N–H and O–H groups in total. The summed E-state index contributed by atoms with van der Waals surface area (Å²) in [6.07, 6.45) is 6.18. The van der Waals surface area contributed by atoms with Crippen LogP contribution >= 0.6 is 23.2 Å². The Morgan fingerprint density at radius 1 is 1.28 bits per heavy atom. The van der Waals surface area contributed by atoms with Gasteiger partial charge in [-0.1, -0.05) is 23.2 Å². The summed E-state index contributed by atoms with van der Waals surface area (Å²) in [5.74, 6) is 0.821. The second-order valence-electron chi connectivity index (χ2n) is 8.53. The Kier molecular flexibility index (Phi) is 6.19. The molecule has 1 saturated carbocycles. The SMILES string of the molecule is CC(C)N1CCCC(CNC(=O)c2cnn(-c3ccc(Cl)cc3Cl)c2C2CC2)C1. The lowest BCUT2D eigenvalue weighted by Gasteiger charge is -2.35. The highest BCUT2D eigenvalue weighted by Crippen LogP contribution is 2.43. The summed E-state index contributed by atoms with van der Waals surface area (Å²) < 4.78 is 1.81. The van der Waals surface area contributed by atoms with E-state index in [0.717, 1.165) is 37.3 Å². The largest absolute Gasteiger partial charge is 0.352 e. The minimum Gasteiger partial charge on any atom is -0.352 e. The highest BCUT2D eigenvalue weighted by atomic mass is 35.5. The zero-order valence-electron chi connectivity index (χ0n) is 17.0. The monoisotopic (exact) mass is 434 g/mol. The molecule has 2 aromatic rings. The molecule has 1 aromatic heterocycles. The molecule has 156 valence electrons. The van der Waals surface area contributed by atoms with E-state index in [1.807, 2.05) is 10.7 Å². The number of amides is 1. The fourth-order valence-electron chi connectivity index (χ4n) is 4.19. The Hall–Kier alpha value is -1.56. The first kappa shape index (κ1) is 20.7. The molecular formula is C22H28Cl2N4O. The number of nitrogens with one attached hydrogen (secondary N) is 1. The van der Waals surface area contributed by atoms with E-state index < -0.39 is 0 Å². The number of nitrogens with zero attached hydrogens (tertiary/aromatic N) is 3. The van der Waals surface area contributed by atoms with E-state index in [9.17, 15) is 4.79 Å². The van der Waals surface area contributed by atoms with E-state index in [1.54, 1.807) is 18.3 Å². The van der Waals surface area contributed by atoms with Gasteiger partial charge in [0.2, 0.25) is 0 Å². The van der Waals surface area contributed by atoms with Crippen LogP contribution in [-0.2, 0) is 0 Å². The van der Waals surface area contributed by atoms with E-state index in [-0.39, 0.29) is 5.91 Å². The van der Waals surface area contributed by atoms with E-state index >= 15 is 0 Å². The van der Waals surface area contributed by atoms with Crippen LogP contribution in [0.2, 0.25) is 10.0 Å². The maximum atomic E-state index is 13.0. The van der Waals surface area contributed by atoms with E-state index in [2.05, 4.69) is 29.2 Å². The first-order valence-corrected chi connectivity index (χ1v) is 11.2. The van der Waals surface area contributed by atoms with E-state index in [0.29, 0.717) is 40.0 Å². The van der Waals surface area contributed by atoms with Gasteiger partial charge < -0.3 is 10.2 Å². The van der Waals surface area contributed by atoms with Crippen molar-refractivity contribution in [3.05, 3.63) is 45.7 Å². The fourth-order valence-corrected chi connectivity index (χ4v) is 4.68.